The van der Waals surface area contributed by atoms with Crippen molar-refractivity contribution in [1.29, 1.82) is 0 Å². The van der Waals surface area contributed by atoms with Crippen molar-refractivity contribution >= 4 is 11.6 Å². The molecule has 0 radical (unpaired) electrons. The minimum atomic E-state index is -0.345. The van der Waals surface area contributed by atoms with Crippen LogP contribution in [-0.4, -0.2) is 50.2 Å². The minimum absolute atomic E-state index is 0.0136. The number of amides is 1. The van der Waals surface area contributed by atoms with Gasteiger partial charge in [0.05, 0.1) is 12.2 Å². The summed E-state index contributed by atoms with van der Waals surface area (Å²) in [5.74, 6) is 0.0804. The highest BCUT2D eigenvalue weighted by molar-refractivity contribution is 5.96. The topological polar surface area (TPSA) is 32.8 Å². The zero-order valence-corrected chi connectivity index (χ0v) is 20.1. The van der Waals surface area contributed by atoms with E-state index in [1.165, 1.54) is 24.3 Å². The van der Waals surface area contributed by atoms with Crippen LogP contribution in [0.25, 0.3) is 0 Å². The van der Waals surface area contributed by atoms with Gasteiger partial charge in [-0.15, -0.1) is 0 Å². The summed E-state index contributed by atoms with van der Waals surface area (Å²) in [5.41, 5.74) is 2.58. The van der Waals surface area contributed by atoms with Gasteiger partial charge in [0.1, 0.15) is 11.6 Å². The van der Waals surface area contributed by atoms with Crippen LogP contribution in [0.15, 0.2) is 42.5 Å². The molecule has 4 rings (SSSR count). The van der Waals surface area contributed by atoms with Crippen molar-refractivity contribution in [2.75, 3.05) is 44.3 Å². The summed E-state index contributed by atoms with van der Waals surface area (Å²) in [7, 11) is 0. The van der Waals surface area contributed by atoms with E-state index in [0.29, 0.717) is 24.7 Å². The van der Waals surface area contributed by atoms with Crippen LogP contribution in [0.5, 0.6) is 0 Å². The first kappa shape index (κ1) is 24.8. The first-order valence-corrected chi connectivity index (χ1v) is 12.7. The number of carbonyl (C=O) groups excluding carboxylic acids is 1. The third-order valence-corrected chi connectivity index (χ3v) is 7.19. The molecule has 0 bridgehead atoms. The molecule has 1 fully saturated rings. The Labute approximate surface area is 201 Å². The van der Waals surface area contributed by atoms with Crippen LogP contribution in [0.2, 0.25) is 0 Å². The van der Waals surface area contributed by atoms with E-state index >= 15 is 0 Å². The minimum Gasteiger partial charge on any atom is -0.381 e. The van der Waals surface area contributed by atoms with Crippen LogP contribution in [-0.2, 0) is 9.53 Å². The molecule has 0 N–H and O–H groups in total. The molecule has 1 unspecified atom stereocenters. The van der Waals surface area contributed by atoms with Crippen LogP contribution in [0.1, 0.15) is 62.5 Å². The molecule has 2 aliphatic heterocycles. The molecule has 1 atom stereocenters. The lowest BCUT2D eigenvalue weighted by Crippen LogP contribution is -2.44. The van der Waals surface area contributed by atoms with Gasteiger partial charge in [0, 0.05) is 25.7 Å². The number of hydrogen-bond acceptors (Lipinski definition) is 3. The lowest BCUT2D eigenvalue weighted by molar-refractivity contribution is -0.120. The Morgan fingerprint density at radius 1 is 0.971 bits per heavy atom. The fraction of sp³-hybridized carbons (Fsp3) is 0.536. The number of rotatable bonds is 8. The predicted octanol–water partition coefficient (Wildman–Crippen LogP) is 5.75. The van der Waals surface area contributed by atoms with E-state index in [4.69, 9.17) is 4.74 Å². The van der Waals surface area contributed by atoms with Crippen LogP contribution >= 0.6 is 0 Å². The van der Waals surface area contributed by atoms with Gasteiger partial charge in [-0.1, -0.05) is 25.1 Å². The summed E-state index contributed by atoms with van der Waals surface area (Å²) < 4.78 is 33.4. The van der Waals surface area contributed by atoms with Gasteiger partial charge in [-0.3, -0.25) is 9.69 Å². The smallest absolute Gasteiger partial charge is 0.241 e. The summed E-state index contributed by atoms with van der Waals surface area (Å²) >= 11 is 0. The largest absolute Gasteiger partial charge is 0.381 e. The molecule has 2 heterocycles. The quantitative estimate of drug-likeness (QED) is 0.461. The molecule has 2 aromatic carbocycles. The van der Waals surface area contributed by atoms with Crippen molar-refractivity contribution in [3.05, 3.63) is 65.2 Å². The molecule has 0 aliphatic carbocycles. The van der Waals surface area contributed by atoms with Crippen molar-refractivity contribution in [1.82, 2.24) is 4.90 Å². The number of benzene rings is 2. The second kappa shape index (κ2) is 11.9. The van der Waals surface area contributed by atoms with Crippen LogP contribution < -0.4 is 4.90 Å². The number of hydrogen-bond donors (Lipinski definition) is 0. The normalized spacial score (nSPS) is 19.6. The van der Waals surface area contributed by atoms with Crippen LogP contribution in [0, 0.1) is 17.6 Å². The van der Waals surface area contributed by atoms with Gasteiger partial charge in [0.2, 0.25) is 5.91 Å². The fourth-order valence-corrected chi connectivity index (χ4v) is 5.28. The molecule has 0 spiro atoms. The number of ether oxygens (including phenoxy) is 1. The Kier molecular flexibility index (Phi) is 8.68. The number of piperidine rings is 1. The number of anilines is 1. The van der Waals surface area contributed by atoms with Crippen molar-refractivity contribution in [2.45, 2.75) is 51.4 Å². The summed E-state index contributed by atoms with van der Waals surface area (Å²) in [6.07, 6.45) is 5.95. The van der Waals surface area contributed by atoms with E-state index in [2.05, 4.69) is 11.8 Å². The molecular formula is C28H36F2N2O2. The zero-order chi connectivity index (χ0) is 23.9. The molecule has 1 saturated heterocycles. The predicted molar refractivity (Wildman–Crippen MR) is 131 cm³/mol. The summed E-state index contributed by atoms with van der Waals surface area (Å²) in [4.78, 5) is 17.4. The second-order valence-corrected chi connectivity index (χ2v) is 9.62. The van der Waals surface area contributed by atoms with Crippen molar-refractivity contribution < 1.29 is 18.3 Å². The Morgan fingerprint density at radius 3 is 2.44 bits per heavy atom. The average molecular weight is 471 g/mol. The molecule has 184 valence electrons. The summed E-state index contributed by atoms with van der Waals surface area (Å²) in [6.45, 7) is 6.51. The third kappa shape index (κ3) is 6.22. The van der Waals surface area contributed by atoms with E-state index in [1.54, 1.807) is 23.1 Å². The molecule has 0 aromatic heterocycles. The highest BCUT2D eigenvalue weighted by Crippen LogP contribution is 2.39. The van der Waals surface area contributed by atoms with Crippen molar-refractivity contribution in [3.8, 4) is 0 Å². The first-order chi connectivity index (χ1) is 16.5. The molecule has 2 aliphatic rings. The monoisotopic (exact) mass is 470 g/mol. The highest BCUT2D eigenvalue weighted by Gasteiger charge is 2.29. The second-order valence-electron chi connectivity index (χ2n) is 9.62. The molecule has 34 heavy (non-hydrogen) atoms. The van der Waals surface area contributed by atoms with E-state index in [9.17, 15) is 13.6 Å². The maximum absolute atomic E-state index is 14.3. The number of likely N-dealkylation sites (tertiary alicyclic amines) is 1. The molecule has 4 nitrogen and oxygen atoms in total. The Hall–Kier alpha value is -2.31. The molecule has 2 aromatic rings. The Balaban J connectivity index is 1.42. The lowest BCUT2D eigenvalue weighted by Gasteiger charge is -2.33. The Morgan fingerprint density at radius 2 is 1.71 bits per heavy atom. The lowest BCUT2D eigenvalue weighted by atomic mass is 9.87. The van der Waals surface area contributed by atoms with Gasteiger partial charge in [-0.2, -0.15) is 0 Å². The standard InChI is InChI=1S/C28H36F2N2O2/c1-2-17-34-18-13-21-11-15-31(16-12-21)20-28(33)32-14-3-4-25(22-5-7-23(29)8-6-22)26-10-9-24(30)19-27(26)32/h5-10,19,21,25H,2-4,11-18,20H2,1H3. The maximum Gasteiger partial charge on any atom is 0.241 e. The van der Waals surface area contributed by atoms with Crippen LogP contribution in [0.4, 0.5) is 14.5 Å². The highest BCUT2D eigenvalue weighted by atomic mass is 19.1. The maximum atomic E-state index is 14.3. The molecule has 6 heteroatoms. The average Bonchev–Trinajstić information content (AvgIpc) is 3.03. The number of nitrogens with zero attached hydrogens (tertiary/aromatic N) is 2. The van der Waals surface area contributed by atoms with Gasteiger partial charge in [0.25, 0.3) is 0 Å². The number of fused-ring (bicyclic) bond motifs is 1. The Bertz CT molecular complexity index is 942. The van der Waals surface area contributed by atoms with Gasteiger partial charge < -0.3 is 9.64 Å². The van der Waals surface area contributed by atoms with Gasteiger partial charge in [-0.25, -0.2) is 8.78 Å². The van der Waals surface area contributed by atoms with E-state index < -0.39 is 0 Å². The SMILES string of the molecule is CCCOCCC1CCN(CC(=O)N2CCCC(c3ccc(F)cc3)c3ccc(F)cc32)CC1. The van der Waals surface area contributed by atoms with Crippen molar-refractivity contribution in [2.24, 2.45) is 5.92 Å². The van der Waals surface area contributed by atoms with E-state index in [-0.39, 0.29) is 23.5 Å². The van der Waals surface area contributed by atoms with E-state index in [0.717, 1.165) is 76.0 Å². The first-order valence-electron chi connectivity index (χ1n) is 12.7. The number of halogens is 2. The summed E-state index contributed by atoms with van der Waals surface area (Å²) in [5, 5.41) is 0. The van der Waals surface area contributed by atoms with E-state index in [1.807, 2.05) is 0 Å². The van der Waals surface area contributed by atoms with Crippen LogP contribution in [0.3, 0.4) is 0 Å². The van der Waals surface area contributed by atoms with Crippen molar-refractivity contribution in [3.63, 3.8) is 0 Å². The third-order valence-electron chi connectivity index (χ3n) is 7.19. The molecule has 1 amide bonds. The number of carbonyl (C=O) groups is 1. The van der Waals surface area contributed by atoms with Gasteiger partial charge >= 0.3 is 0 Å². The fourth-order valence-electron chi connectivity index (χ4n) is 5.28. The zero-order valence-electron chi connectivity index (χ0n) is 20.1. The summed E-state index contributed by atoms with van der Waals surface area (Å²) in [6, 6.07) is 11.2. The van der Waals surface area contributed by atoms with Gasteiger partial charge in [0.15, 0.2) is 0 Å². The molecular weight excluding hydrogens is 434 g/mol. The molecule has 0 saturated carbocycles. The van der Waals surface area contributed by atoms with Gasteiger partial charge in [-0.05, 0) is 92.9 Å².